The first kappa shape index (κ1) is 23.8. The second kappa shape index (κ2) is 11.2. The molecule has 1 heterocycles. The van der Waals surface area contributed by atoms with Gasteiger partial charge >= 0.3 is 0 Å². The number of para-hydroxylation sites is 2. The summed E-state index contributed by atoms with van der Waals surface area (Å²) in [6, 6.07) is 30.1. The van der Waals surface area contributed by atoms with Gasteiger partial charge in [0.1, 0.15) is 18.1 Å². The fourth-order valence-corrected chi connectivity index (χ4v) is 3.63. The van der Waals surface area contributed by atoms with Gasteiger partial charge in [-0.05, 0) is 38.1 Å². The van der Waals surface area contributed by atoms with Crippen LogP contribution >= 0.6 is 0 Å². The molecule has 0 unspecified atom stereocenters. The van der Waals surface area contributed by atoms with E-state index in [1.54, 1.807) is 16.8 Å². The van der Waals surface area contributed by atoms with Crippen LogP contribution in [0.3, 0.4) is 0 Å². The van der Waals surface area contributed by atoms with E-state index >= 15 is 0 Å². The Labute approximate surface area is 205 Å². The molecule has 178 valence electrons. The topological polar surface area (TPSA) is 76.5 Å². The van der Waals surface area contributed by atoms with Crippen LogP contribution in [-0.2, 0) is 9.59 Å². The number of nitrogens with one attached hydrogen (secondary N) is 1. The standard InChI is InChI=1S/C28H28N4O3/c1-21(2)31(28(34)20-35-24-16-10-5-11-17-24)19-27(33)29-26-18-25(22-12-6-3-7-13-22)30-32(26)23-14-8-4-9-15-23/h3-18,21H,19-20H2,1-2H3,(H,29,33). The zero-order valence-corrected chi connectivity index (χ0v) is 19.8. The van der Waals surface area contributed by atoms with E-state index in [1.165, 1.54) is 4.90 Å². The quantitative estimate of drug-likeness (QED) is 0.383. The Kier molecular flexibility index (Phi) is 7.57. The largest absolute Gasteiger partial charge is 0.484 e. The molecule has 7 heteroatoms. The summed E-state index contributed by atoms with van der Waals surface area (Å²) in [5.74, 6) is 0.551. The van der Waals surface area contributed by atoms with Crippen molar-refractivity contribution in [3.05, 3.63) is 97.1 Å². The van der Waals surface area contributed by atoms with Crippen molar-refractivity contribution in [1.29, 1.82) is 0 Å². The van der Waals surface area contributed by atoms with Crippen LogP contribution in [0.15, 0.2) is 97.1 Å². The summed E-state index contributed by atoms with van der Waals surface area (Å²) in [7, 11) is 0. The lowest BCUT2D eigenvalue weighted by Gasteiger charge is -2.26. The van der Waals surface area contributed by atoms with Crippen LogP contribution in [0, 0.1) is 0 Å². The van der Waals surface area contributed by atoms with E-state index in [4.69, 9.17) is 9.84 Å². The third-order valence-electron chi connectivity index (χ3n) is 5.41. The van der Waals surface area contributed by atoms with Crippen molar-refractivity contribution in [2.75, 3.05) is 18.5 Å². The molecule has 0 aliphatic heterocycles. The number of carbonyl (C=O) groups is 2. The van der Waals surface area contributed by atoms with E-state index in [9.17, 15) is 9.59 Å². The Morgan fingerprint density at radius 2 is 1.51 bits per heavy atom. The van der Waals surface area contributed by atoms with Crippen molar-refractivity contribution in [1.82, 2.24) is 14.7 Å². The summed E-state index contributed by atoms with van der Waals surface area (Å²) in [5, 5.41) is 7.66. The minimum atomic E-state index is -0.316. The van der Waals surface area contributed by atoms with Crippen LogP contribution in [0.2, 0.25) is 0 Å². The van der Waals surface area contributed by atoms with Gasteiger partial charge in [0, 0.05) is 17.7 Å². The third kappa shape index (κ3) is 6.14. The number of anilines is 1. The first-order valence-electron chi connectivity index (χ1n) is 11.5. The Hall–Kier alpha value is -4.39. The summed E-state index contributed by atoms with van der Waals surface area (Å²) in [6.45, 7) is 3.50. The monoisotopic (exact) mass is 468 g/mol. The fraction of sp³-hybridized carbons (Fsp3) is 0.179. The molecule has 1 N–H and O–H groups in total. The molecule has 0 saturated carbocycles. The number of hydrogen-bond donors (Lipinski definition) is 1. The summed E-state index contributed by atoms with van der Waals surface area (Å²) in [6.07, 6.45) is 0. The molecule has 0 fully saturated rings. The van der Waals surface area contributed by atoms with E-state index in [1.807, 2.05) is 98.8 Å². The summed E-state index contributed by atoms with van der Waals surface area (Å²) in [5.41, 5.74) is 2.49. The van der Waals surface area contributed by atoms with Gasteiger partial charge in [0.15, 0.2) is 6.61 Å². The molecule has 7 nitrogen and oxygen atoms in total. The van der Waals surface area contributed by atoms with Gasteiger partial charge < -0.3 is 15.0 Å². The molecule has 0 radical (unpaired) electrons. The highest BCUT2D eigenvalue weighted by molar-refractivity contribution is 5.95. The van der Waals surface area contributed by atoms with Crippen molar-refractivity contribution in [2.24, 2.45) is 0 Å². The van der Waals surface area contributed by atoms with Crippen LogP contribution in [0.25, 0.3) is 16.9 Å². The lowest BCUT2D eigenvalue weighted by molar-refractivity contribution is -0.138. The molecule has 0 aliphatic rings. The van der Waals surface area contributed by atoms with Gasteiger partial charge in [-0.25, -0.2) is 4.68 Å². The van der Waals surface area contributed by atoms with Crippen LogP contribution in [0.1, 0.15) is 13.8 Å². The molecule has 0 aliphatic carbocycles. The van der Waals surface area contributed by atoms with Gasteiger partial charge in [-0.3, -0.25) is 9.59 Å². The number of amides is 2. The molecule has 3 aromatic carbocycles. The second-order valence-corrected chi connectivity index (χ2v) is 8.29. The van der Waals surface area contributed by atoms with E-state index < -0.39 is 0 Å². The molecule has 2 amide bonds. The molecular weight excluding hydrogens is 440 g/mol. The molecule has 1 aromatic heterocycles. The van der Waals surface area contributed by atoms with Crippen LogP contribution < -0.4 is 10.1 Å². The number of benzene rings is 3. The van der Waals surface area contributed by atoms with Gasteiger partial charge in [0.25, 0.3) is 5.91 Å². The van der Waals surface area contributed by atoms with Gasteiger partial charge in [0.2, 0.25) is 5.91 Å². The molecule has 0 atom stereocenters. The smallest absolute Gasteiger partial charge is 0.261 e. The number of aromatic nitrogens is 2. The number of ether oxygens (including phenoxy) is 1. The molecule has 4 rings (SSSR count). The number of hydrogen-bond acceptors (Lipinski definition) is 4. The van der Waals surface area contributed by atoms with E-state index in [0.29, 0.717) is 11.6 Å². The summed E-state index contributed by atoms with van der Waals surface area (Å²) in [4.78, 5) is 27.4. The highest BCUT2D eigenvalue weighted by atomic mass is 16.5. The van der Waals surface area contributed by atoms with Crippen molar-refractivity contribution in [3.63, 3.8) is 0 Å². The van der Waals surface area contributed by atoms with Gasteiger partial charge in [-0.2, -0.15) is 5.10 Å². The van der Waals surface area contributed by atoms with Crippen LogP contribution in [0.4, 0.5) is 5.82 Å². The van der Waals surface area contributed by atoms with E-state index in [0.717, 1.165) is 16.9 Å². The minimum Gasteiger partial charge on any atom is -0.484 e. The predicted molar refractivity (Wildman–Crippen MR) is 136 cm³/mol. The predicted octanol–water partition coefficient (Wildman–Crippen LogP) is 4.79. The Balaban J connectivity index is 1.50. The highest BCUT2D eigenvalue weighted by Gasteiger charge is 2.22. The number of carbonyl (C=O) groups excluding carboxylic acids is 2. The molecule has 0 spiro atoms. The van der Waals surface area contributed by atoms with Crippen molar-refractivity contribution in [2.45, 2.75) is 19.9 Å². The normalized spacial score (nSPS) is 10.7. The van der Waals surface area contributed by atoms with Gasteiger partial charge in [-0.1, -0.05) is 66.7 Å². The molecule has 0 saturated heterocycles. The Morgan fingerprint density at radius 3 is 2.14 bits per heavy atom. The summed E-state index contributed by atoms with van der Waals surface area (Å²) < 4.78 is 7.29. The average molecular weight is 469 g/mol. The second-order valence-electron chi connectivity index (χ2n) is 8.29. The van der Waals surface area contributed by atoms with Gasteiger partial charge in [-0.15, -0.1) is 0 Å². The SMILES string of the molecule is CC(C)N(CC(=O)Nc1cc(-c2ccccc2)nn1-c1ccccc1)C(=O)COc1ccccc1. The van der Waals surface area contributed by atoms with Gasteiger partial charge in [0.05, 0.1) is 11.4 Å². The number of rotatable bonds is 9. The maximum absolute atomic E-state index is 13.0. The fourth-order valence-electron chi connectivity index (χ4n) is 3.63. The van der Waals surface area contributed by atoms with E-state index in [2.05, 4.69) is 5.32 Å². The van der Waals surface area contributed by atoms with Crippen molar-refractivity contribution in [3.8, 4) is 22.7 Å². The highest BCUT2D eigenvalue weighted by Crippen LogP contribution is 2.24. The van der Waals surface area contributed by atoms with Crippen LogP contribution in [-0.4, -0.2) is 45.7 Å². The lowest BCUT2D eigenvalue weighted by atomic mass is 10.1. The van der Waals surface area contributed by atoms with Crippen molar-refractivity contribution < 1.29 is 14.3 Å². The Bertz CT molecular complexity index is 1260. The lowest BCUT2D eigenvalue weighted by Crippen LogP contribution is -2.44. The maximum Gasteiger partial charge on any atom is 0.261 e. The number of nitrogens with zero attached hydrogens (tertiary/aromatic N) is 3. The van der Waals surface area contributed by atoms with E-state index in [-0.39, 0.29) is 31.0 Å². The molecule has 0 bridgehead atoms. The minimum absolute atomic E-state index is 0.102. The maximum atomic E-state index is 13.0. The zero-order valence-electron chi connectivity index (χ0n) is 19.8. The third-order valence-corrected chi connectivity index (χ3v) is 5.41. The first-order valence-corrected chi connectivity index (χ1v) is 11.5. The summed E-state index contributed by atoms with van der Waals surface area (Å²) >= 11 is 0. The average Bonchev–Trinajstić information content (AvgIpc) is 3.31. The van der Waals surface area contributed by atoms with Crippen LogP contribution in [0.5, 0.6) is 5.75 Å². The zero-order chi connectivity index (χ0) is 24.6. The first-order chi connectivity index (χ1) is 17.0. The van der Waals surface area contributed by atoms with Crippen molar-refractivity contribution >= 4 is 17.6 Å². The molecular formula is C28H28N4O3. The molecule has 35 heavy (non-hydrogen) atoms. The Morgan fingerprint density at radius 1 is 0.914 bits per heavy atom. The molecule has 4 aromatic rings.